The van der Waals surface area contributed by atoms with Gasteiger partial charge in [-0.25, -0.2) is 0 Å². The highest BCUT2D eigenvalue weighted by molar-refractivity contribution is 6.31. The smallest absolute Gasteiger partial charge is 0.255 e. The normalized spacial score (nSPS) is 16.8. The number of amides is 2. The van der Waals surface area contributed by atoms with Crippen LogP contribution in [0, 0.1) is 0 Å². The third-order valence-electron chi connectivity index (χ3n) is 4.27. The van der Waals surface area contributed by atoms with Gasteiger partial charge in [0.05, 0.1) is 14.2 Å². The second kappa shape index (κ2) is 7.66. The van der Waals surface area contributed by atoms with Gasteiger partial charge in [0.2, 0.25) is 5.91 Å². The summed E-state index contributed by atoms with van der Waals surface area (Å²) < 4.78 is 10.5. The largest absolute Gasteiger partial charge is 0.497 e. The summed E-state index contributed by atoms with van der Waals surface area (Å²) in [6, 6.07) is 11.2. The van der Waals surface area contributed by atoms with Gasteiger partial charge in [-0.3, -0.25) is 9.59 Å². The number of carbonyl (C=O) groups excluding carboxylic acids is 2. The molecule has 0 aromatic heterocycles. The average molecular weight is 375 g/mol. The Morgan fingerprint density at radius 1 is 1.15 bits per heavy atom. The molecule has 2 aromatic carbocycles. The van der Waals surface area contributed by atoms with E-state index in [1.165, 1.54) is 19.1 Å². The number of benzene rings is 2. The lowest BCUT2D eigenvalue weighted by molar-refractivity contribution is -0.128. The summed E-state index contributed by atoms with van der Waals surface area (Å²) in [5, 5.41) is 3.24. The molecule has 1 fully saturated rings. The van der Waals surface area contributed by atoms with E-state index in [0.717, 1.165) is 0 Å². The van der Waals surface area contributed by atoms with Crippen molar-refractivity contribution in [2.24, 2.45) is 0 Å². The van der Waals surface area contributed by atoms with Gasteiger partial charge in [0.1, 0.15) is 17.5 Å². The first-order valence-electron chi connectivity index (χ1n) is 8.11. The van der Waals surface area contributed by atoms with E-state index < -0.39 is 6.04 Å². The zero-order valence-electron chi connectivity index (χ0n) is 14.5. The Balaban J connectivity index is 2.01. The molecular weight excluding hydrogens is 356 g/mol. The van der Waals surface area contributed by atoms with Crippen LogP contribution < -0.4 is 14.8 Å². The summed E-state index contributed by atoms with van der Waals surface area (Å²) in [5.41, 5.74) is 0.975. The van der Waals surface area contributed by atoms with Gasteiger partial charge in [-0.1, -0.05) is 29.8 Å². The Labute approximate surface area is 156 Å². The van der Waals surface area contributed by atoms with Gasteiger partial charge < -0.3 is 19.7 Å². The van der Waals surface area contributed by atoms with Crippen molar-refractivity contribution >= 4 is 23.4 Å². The van der Waals surface area contributed by atoms with Gasteiger partial charge >= 0.3 is 0 Å². The van der Waals surface area contributed by atoms with Crippen LogP contribution in [0.1, 0.15) is 22.0 Å². The van der Waals surface area contributed by atoms with Crippen LogP contribution in [0.4, 0.5) is 0 Å². The van der Waals surface area contributed by atoms with Gasteiger partial charge in [-0.15, -0.1) is 0 Å². The molecule has 26 heavy (non-hydrogen) atoms. The predicted molar refractivity (Wildman–Crippen MR) is 97.8 cm³/mol. The van der Waals surface area contributed by atoms with Crippen molar-refractivity contribution in [3.05, 3.63) is 58.6 Å². The molecular formula is C19H19ClN2O4. The molecule has 0 spiro atoms. The molecule has 1 aliphatic heterocycles. The average Bonchev–Trinajstić information content (AvgIpc) is 2.67. The second-order valence-corrected chi connectivity index (χ2v) is 6.22. The summed E-state index contributed by atoms with van der Waals surface area (Å²) in [7, 11) is 3.04. The fraction of sp³-hybridized carbons (Fsp3) is 0.263. The number of hydrogen-bond acceptors (Lipinski definition) is 4. The molecule has 2 aromatic rings. The highest BCUT2D eigenvalue weighted by Crippen LogP contribution is 2.31. The molecule has 1 unspecified atom stereocenters. The van der Waals surface area contributed by atoms with E-state index in [1.54, 1.807) is 42.5 Å². The number of ether oxygens (including phenoxy) is 2. The molecule has 7 heteroatoms. The molecule has 136 valence electrons. The molecule has 1 saturated heterocycles. The molecule has 1 atom stereocenters. The summed E-state index contributed by atoms with van der Waals surface area (Å²) in [6.45, 7) is 0.757. The maximum atomic E-state index is 13.2. The number of methoxy groups -OCH3 is 2. The van der Waals surface area contributed by atoms with E-state index in [0.29, 0.717) is 40.7 Å². The number of halogens is 1. The first-order valence-corrected chi connectivity index (χ1v) is 8.49. The standard InChI is InChI=1S/C19H19ClN2O4/c1-25-13-9-12(10-14(11-13)26-2)19(24)22-8-7-21-18(23)17(22)15-5-3-4-6-16(15)20/h3-6,9-11,17H,7-8H2,1-2H3,(H,21,23). The minimum absolute atomic E-state index is 0.257. The molecule has 1 aliphatic rings. The van der Waals surface area contributed by atoms with Crippen LogP contribution in [0.3, 0.4) is 0 Å². The predicted octanol–water partition coefficient (Wildman–Crippen LogP) is 2.67. The summed E-state index contributed by atoms with van der Waals surface area (Å²) in [4.78, 5) is 27.2. The lowest BCUT2D eigenvalue weighted by Gasteiger charge is -2.35. The van der Waals surface area contributed by atoms with Gasteiger partial charge in [-0.05, 0) is 18.2 Å². The molecule has 0 bridgehead atoms. The first-order chi connectivity index (χ1) is 12.5. The van der Waals surface area contributed by atoms with Crippen molar-refractivity contribution in [1.82, 2.24) is 10.2 Å². The minimum atomic E-state index is -0.790. The van der Waals surface area contributed by atoms with Gasteiger partial charge in [0.15, 0.2) is 0 Å². The highest BCUT2D eigenvalue weighted by atomic mass is 35.5. The van der Waals surface area contributed by atoms with Crippen molar-refractivity contribution in [2.75, 3.05) is 27.3 Å². The lowest BCUT2D eigenvalue weighted by atomic mass is 10.0. The molecule has 6 nitrogen and oxygen atoms in total. The SMILES string of the molecule is COc1cc(OC)cc(C(=O)N2CCNC(=O)C2c2ccccc2Cl)c1. The van der Waals surface area contributed by atoms with Crippen molar-refractivity contribution in [3.63, 3.8) is 0 Å². The first kappa shape index (κ1) is 18.1. The Bertz CT molecular complexity index is 818. The maximum Gasteiger partial charge on any atom is 0.255 e. The van der Waals surface area contributed by atoms with Crippen molar-refractivity contribution in [3.8, 4) is 11.5 Å². The van der Waals surface area contributed by atoms with E-state index in [9.17, 15) is 9.59 Å². The molecule has 1 N–H and O–H groups in total. The third kappa shape index (κ3) is 3.46. The molecule has 0 aliphatic carbocycles. The Morgan fingerprint density at radius 3 is 2.42 bits per heavy atom. The summed E-state index contributed by atoms with van der Waals surface area (Å²) >= 11 is 6.28. The Morgan fingerprint density at radius 2 is 1.81 bits per heavy atom. The number of hydrogen-bond donors (Lipinski definition) is 1. The van der Waals surface area contributed by atoms with Gasteiger partial charge in [0, 0.05) is 35.3 Å². The van der Waals surface area contributed by atoms with Crippen molar-refractivity contribution < 1.29 is 19.1 Å². The van der Waals surface area contributed by atoms with E-state index in [1.807, 2.05) is 0 Å². The van der Waals surface area contributed by atoms with Crippen LogP contribution in [-0.4, -0.2) is 44.0 Å². The van der Waals surface area contributed by atoms with E-state index in [-0.39, 0.29) is 11.8 Å². The number of rotatable bonds is 4. The van der Waals surface area contributed by atoms with Crippen molar-refractivity contribution in [2.45, 2.75) is 6.04 Å². The van der Waals surface area contributed by atoms with Gasteiger partial charge in [-0.2, -0.15) is 0 Å². The minimum Gasteiger partial charge on any atom is -0.497 e. The van der Waals surface area contributed by atoms with Crippen LogP contribution in [0.2, 0.25) is 5.02 Å². The fourth-order valence-electron chi connectivity index (χ4n) is 2.99. The number of carbonyl (C=O) groups is 2. The molecule has 0 saturated carbocycles. The third-order valence-corrected chi connectivity index (χ3v) is 4.62. The molecule has 1 heterocycles. The van der Waals surface area contributed by atoms with Crippen LogP contribution in [0.15, 0.2) is 42.5 Å². The highest BCUT2D eigenvalue weighted by Gasteiger charge is 2.36. The maximum absolute atomic E-state index is 13.2. The fourth-order valence-corrected chi connectivity index (χ4v) is 3.23. The Kier molecular flexibility index (Phi) is 5.32. The van der Waals surface area contributed by atoms with E-state index >= 15 is 0 Å². The van der Waals surface area contributed by atoms with Crippen LogP contribution in [0.25, 0.3) is 0 Å². The van der Waals surface area contributed by atoms with Gasteiger partial charge in [0.25, 0.3) is 5.91 Å². The topological polar surface area (TPSA) is 67.9 Å². The quantitative estimate of drug-likeness (QED) is 0.893. The number of piperazine rings is 1. The van der Waals surface area contributed by atoms with Crippen LogP contribution in [-0.2, 0) is 4.79 Å². The molecule has 2 amide bonds. The lowest BCUT2D eigenvalue weighted by Crippen LogP contribution is -2.52. The van der Waals surface area contributed by atoms with E-state index in [4.69, 9.17) is 21.1 Å². The zero-order valence-corrected chi connectivity index (χ0v) is 15.2. The summed E-state index contributed by atoms with van der Waals surface area (Å²) in [5.74, 6) is 0.460. The van der Waals surface area contributed by atoms with Crippen molar-refractivity contribution in [1.29, 1.82) is 0 Å². The number of nitrogens with zero attached hydrogens (tertiary/aromatic N) is 1. The van der Waals surface area contributed by atoms with Crippen LogP contribution >= 0.6 is 11.6 Å². The van der Waals surface area contributed by atoms with E-state index in [2.05, 4.69) is 5.32 Å². The Hall–Kier alpha value is -2.73. The zero-order chi connectivity index (χ0) is 18.7. The molecule has 0 radical (unpaired) electrons. The second-order valence-electron chi connectivity index (χ2n) is 5.81. The monoisotopic (exact) mass is 374 g/mol. The summed E-state index contributed by atoms with van der Waals surface area (Å²) in [6.07, 6.45) is 0. The number of nitrogens with one attached hydrogen (secondary N) is 1. The molecule has 3 rings (SSSR count). The van der Waals surface area contributed by atoms with Crippen LogP contribution in [0.5, 0.6) is 11.5 Å².